The molecule has 0 bridgehead atoms. The standard InChI is InChI=1S/C13H12F2N2/c14-10-3-4-11(12(15)7-10)13(16)6-9-2-1-5-17-8-9/h1-5,7-8,13H,6,16H2. The van der Waals surface area contributed by atoms with Gasteiger partial charge in [-0.15, -0.1) is 0 Å². The molecule has 0 saturated carbocycles. The summed E-state index contributed by atoms with van der Waals surface area (Å²) in [5.74, 6) is -1.21. The molecule has 0 saturated heterocycles. The molecule has 0 spiro atoms. The molecule has 0 amide bonds. The maximum absolute atomic E-state index is 13.5. The fourth-order valence-electron chi connectivity index (χ4n) is 1.68. The molecule has 0 fully saturated rings. The Morgan fingerprint density at radius 2 is 2.06 bits per heavy atom. The van der Waals surface area contributed by atoms with Crippen molar-refractivity contribution in [3.05, 3.63) is 65.5 Å². The van der Waals surface area contributed by atoms with Crippen LogP contribution in [0.1, 0.15) is 17.2 Å². The SMILES string of the molecule is NC(Cc1cccnc1)c1ccc(F)cc1F. The third-order valence-corrected chi connectivity index (χ3v) is 2.54. The van der Waals surface area contributed by atoms with E-state index in [-0.39, 0.29) is 0 Å². The highest BCUT2D eigenvalue weighted by Crippen LogP contribution is 2.19. The predicted octanol–water partition coefficient (Wildman–Crippen LogP) is 2.60. The van der Waals surface area contributed by atoms with Crippen LogP contribution < -0.4 is 5.73 Å². The number of halogens is 2. The zero-order chi connectivity index (χ0) is 12.3. The quantitative estimate of drug-likeness (QED) is 0.886. The lowest BCUT2D eigenvalue weighted by molar-refractivity contribution is 0.554. The molecule has 0 aliphatic heterocycles. The van der Waals surface area contributed by atoms with Crippen molar-refractivity contribution in [3.8, 4) is 0 Å². The van der Waals surface area contributed by atoms with Gasteiger partial charge in [-0.1, -0.05) is 12.1 Å². The van der Waals surface area contributed by atoms with E-state index in [1.165, 1.54) is 12.1 Å². The van der Waals surface area contributed by atoms with Gasteiger partial charge in [-0.2, -0.15) is 0 Å². The molecule has 2 nitrogen and oxygen atoms in total. The summed E-state index contributed by atoms with van der Waals surface area (Å²) in [4.78, 5) is 3.96. The predicted molar refractivity (Wildman–Crippen MR) is 61.2 cm³/mol. The van der Waals surface area contributed by atoms with Crippen LogP contribution in [0, 0.1) is 11.6 Å². The summed E-state index contributed by atoms with van der Waals surface area (Å²) < 4.78 is 26.2. The van der Waals surface area contributed by atoms with E-state index in [1.54, 1.807) is 18.5 Å². The molecule has 17 heavy (non-hydrogen) atoms. The van der Waals surface area contributed by atoms with Crippen molar-refractivity contribution in [3.63, 3.8) is 0 Å². The van der Waals surface area contributed by atoms with Crippen molar-refractivity contribution in [2.24, 2.45) is 5.73 Å². The van der Waals surface area contributed by atoms with Crippen LogP contribution in [0.5, 0.6) is 0 Å². The van der Waals surface area contributed by atoms with Crippen molar-refractivity contribution < 1.29 is 8.78 Å². The van der Waals surface area contributed by atoms with Gasteiger partial charge < -0.3 is 5.73 Å². The zero-order valence-corrected chi connectivity index (χ0v) is 9.11. The van der Waals surface area contributed by atoms with Crippen LogP contribution in [0.15, 0.2) is 42.7 Å². The fourth-order valence-corrected chi connectivity index (χ4v) is 1.68. The van der Waals surface area contributed by atoms with E-state index in [9.17, 15) is 8.78 Å². The zero-order valence-electron chi connectivity index (χ0n) is 9.11. The van der Waals surface area contributed by atoms with Crippen molar-refractivity contribution >= 4 is 0 Å². The first-order valence-electron chi connectivity index (χ1n) is 5.26. The summed E-state index contributed by atoms with van der Waals surface area (Å²) in [7, 11) is 0. The minimum atomic E-state index is -0.610. The van der Waals surface area contributed by atoms with Gasteiger partial charge in [-0.05, 0) is 24.1 Å². The summed E-state index contributed by atoms with van der Waals surface area (Å²) in [5.41, 5.74) is 7.12. The molecule has 88 valence electrons. The van der Waals surface area contributed by atoms with Gasteiger partial charge in [0.1, 0.15) is 11.6 Å². The Balaban J connectivity index is 2.17. The molecule has 1 unspecified atom stereocenters. The first-order chi connectivity index (χ1) is 8.16. The molecular formula is C13H12F2N2. The van der Waals surface area contributed by atoms with Crippen LogP contribution in [0.25, 0.3) is 0 Å². The number of aromatic nitrogens is 1. The highest BCUT2D eigenvalue weighted by molar-refractivity contribution is 5.24. The van der Waals surface area contributed by atoms with E-state index >= 15 is 0 Å². The second kappa shape index (κ2) is 5.01. The molecule has 2 N–H and O–H groups in total. The molecule has 1 aromatic heterocycles. The van der Waals surface area contributed by atoms with Crippen molar-refractivity contribution in [1.82, 2.24) is 4.98 Å². The monoisotopic (exact) mass is 234 g/mol. The fraction of sp³-hybridized carbons (Fsp3) is 0.154. The Bertz CT molecular complexity index is 500. The summed E-state index contributed by atoms with van der Waals surface area (Å²) in [6, 6.07) is 6.60. The number of hydrogen-bond acceptors (Lipinski definition) is 2. The van der Waals surface area contributed by atoms with E-state index < -0.39 is 17.7 Å². The lowest BCUT2D eigenvalue weighted by Crippen LogP contribution is -2.15. The van der Waals surface area contributed by atoms with Gasteiger partial charge in [0.25, 0.3) is 0 Å². The Labute approximate surface area is 98.1 Å². The second-order valence-electron chi connectivity index (χ2n) is 3.84. The summed E-state index contributed by atoms with van der Waals surface area (Å²) in [5, 5.41) is 0. The molecule has 1 aromatic carbocycles. The van der Waals surface area contributed by atoms with Gasteiger partial charge in [0, 0.05) is 30.1 Å². The van der Waals surface area contributed by atoms with Crippen LogP contribution >= 0.6 is 0 Å². The number of pyridine rings is 1. The van der Waals surface area contributed by atoms with Gasteiger partial charge in [0.2, 0.25) is 0 Å². The minimum absolute atomic E-state index is 0.315. The average molecular weight is 234 g/mol. The first-order valence-corrected chi connectivity index (χ1v) is 5.26. The van der Waals surface area contributed by atoms with Crippen molar-refractivity contribution in [2.45, 2.75) is 12.5 Å². The number of benzene rings is 1. The van der Waals surface area contributed by atoms with Gasteiger partial charge >= 0.3 is 0 Å². The summed E-state index contributed by atoms with van der Waals surface area (Å²) in [6.45, 7) is 0. The normalized spacial score (nSPS) is 12.4. The van der Waals surface area contributed by atoms with E-state index in [1.807, 2.05) is 6.07 Å². The maximum Gasteiger partial charge on any atom is 0.130 e. The molecule has 1 heterocycles. The summed E-state index contributed by atoms with van der Waals surface area (Å²) >= 11 is 0. The Kier molecular flexibility index (Phi) is 3.44. The van der Waals surface area contributed by atoms with Crippen LogP contribution in [0.4, 0.5) is 8.78 Å². The van der Waals surface area contributed by atoms with Crippen LogP contribution in [-0.4, -0.2) is 4.98 Å². The number of nitrogens with two attached hydrogens (primary N) is 1. The van der Waals surface area contributed by atoms with E-state index in [0.29, 0.717) is 12.0 Å². The number of hydrogen-bond donors (Lipinski definition) is 1. The molecule has 0 aliphatic carbocycles. The molecule has 0 radical (unpaired) electrons. The maximum atomic E-state index is 13.5. The van der Waals surface area contributed by atoms with Crippen molar-refractivity contribution in [2.75, 3.05) is 0 Å². The van der Waals surface area contributed by atoms with E-state index in [0.717, 1.165) is 11.6 Å². The van der Waals surface area contributed by atoms with Crippen LogP contribution in [0.3, 0.4) is 0 Å². The second-order valence-corrected chi connectivity index (χ2v) is 3.84. The Hall–Kier alpha value is -1.81. The van der Waals surface area contributed by atoms with Gasteiger partial charge in [0.05, 0.1) is 0 Å². The lowest BCUT2D eigenvalue weighted by Gasteiger charge is -2.12. The molecule has 0 aliphatic rings. The Morgan fingerprint density at radius 1 is 1.24 bits per heavy atom. The van der Waals surface area contributed by atoms with Gasteiger partial charge in [0.15, 0.2) is 0 Å². The van der Waals surface area contributed by atoms with Crippen LogP contribution in [0.2, 0.25) is 0 Å². The smallest absolute Gasteiger partial charge is 0.130 e. The minimum Gasteiger partial charge on any atom is -0.324 e. The largest absolute Gasteiger partial charge is 0.324 e. The average Bonchev–Trinajstić information content (AvgIpc) is 2.30. The van der Waals surface area contributed by atoms with E-state index in [2.05, 4.69) is 4.98 Å². The molecule has 1 atom stereocenters. The highest BCUT2D eigenvalue weighted by atomic mass is 19.1. The van der Waals surface area contributed by atoms with Gasteiger partial charge in [-0.3, -0.25) is 4.98 Å². The van der Waals surface area contributed by atoms with Crippen LogP contribution in [-0.2, 0) is 6.42 Å². The third kappa shape index (κ3) is 2.85. The first kappa shape index (κ1) is 11.7. The third-order valence-electron chi connectivity index (χ3n) is 2.54. The van der Waals surface area contributed by atoms with E-state index in [4.69, 9.17) is 5.73 Å². The molecular weight excluding hydrogens is 222 g/mol. The Morgan fingerprint density at radius 3 is 2.71 bits per heavy atom. The molecule has 4 heteroatoms. The van der Waals surface area contributed by atoms with Gasteiger partial charge in [-0.25, -0.2) is 8.78 Å². The number of rotatable bonds is 3. The molecule has 2 aromatic rings. The topological polar surface area (TPSA) is 38.9 Å². The summed E-state index contributed by atoms with van der Waals surface area (Å²) in [6.07, 6.45) is 3.81. The lowest BCUT2D eigenvalue weighted by atomic mass is 10.0. The molecule has 2 rings (SSSR count). The van der Waals surface area contributed by atoms with Crippen molar-refractivity contribution in [1.29, 1.82) is 0 Å². The number of nitrogens with zero attached hydrogens (tertiary/aromatic N) is 1. The highest BCUT2D eigenvalue weighted by Gasteiger charge is 2.12.